The maximum Gasteiger partial charge on any atom is 0.491 e. The van der Waals surface area contributed by atoms with E-state index in [-0.39, 0.29) is 0 Å². The van der Waals surface area contributed by atoms with Gasteiger partial charge < -0.3 is 20.2 Å². The Labute approximate surface area is 138 Å². The molecule has 26 heavy (non-hydrogen) atoms. The maximum absolute atomic E-state index is 10.8. The van der Waals surface area contributed by atoms with Crippen LogP contribution in [0, 0.1) is 40.5 Å². The van der Waals surface area contributed by atoms with Crippen LogP contribution in [0.15, 0.2) is 0 Å². The monoisotopic (exact) mass is 376 g/mol. The van der Waals surface area contributed by atoms with Crippen molar-refractivity contribution < 1.29 is 29.7 Å². The molecule has 0 saturated carbocycles. The van der Waals surface area contributed by atoms with E-state index in [2.05, 4.69) is 29.8 Å². The van der Waals surface area contributed by atoms with E-state index < -0.39 is 57.0 Å². The fraction of sp³-hybridized carbons (Fsp3) is 0.333. The molecular weight excluding hydrogens is 372 g/mol. The molecule has 0 unspecified atom stereocenters. The first-order chi connectivity index (χ1) is 12.2. The van der Waals surface area contributed by atoms with Crippen LogP contribution < -0.4 is 0 Å². The SMILES string of the molecule is O=[N+]([O-])OCn1nc([N+](=O)[O-])nc1-c1nc([N+](=O)[O-])nn1CO[N+](=O)[O-]. The van der Waals surface area contributed by atoms with Crippen molar-refractivity contribution in [3.05, 3.63) is 40.5 Å². The van der Waals surface area contributed by atoms with Crippen LogP contribution in [0.5, 0.6) is 0 Å². The molecule has 0 aliphatic carbocycles. The van der Waals surface area contributed by atoms with E-state index >= 15 is 0 Å². The van der Waals surface area contributed by atoms with Gasteiger partial charge in [-0.2, -0.15) is 0 Å². The molecule has 20 nitrogen and oxygen atoms in total. The molecule has 2 heterocycles. The summed E-state index contributed by atoms with van der Waals surface area (Å²) in [6.45, 7) is -1.97. The molecule has 0 amide bonds. The van der Waals surface area contributed by atoms with Crippen LogP contribution in [0.2, 0.25) is 0 Å². The van der Waals surface area contributed by atoms with Crippen molar-refractivity contribution in [1.82, 2.24) is 29.5 Å². The Hall–Kier alpha value is -4.52. The molecule has 138 valence electrons. The normalized spacial score (nSPS) is 10.3. The minimum atomic E-state index is -1.24. The van der Waals surface area contributed by atoms with Crippen molar-refractivity contribution in [1.29, 1.82) is 0 Å². The quantitative estimate of drug-likeness (QED) is 0.363. The molecule has 0 aliphatic rings. The zero-order valence-electron chi connectivity index (χ0n) is 12.0. The molecule has 0 spiro atoms. The molecule has 0 N–H and O–H groups in total. The Morgan fingerprint density at radius 1 is 0.731 bits per heavy atom. The number of hydrogen-bond acceptors (Lipinski definition) is 14. The van der Waals surface area contributed by atoms with E-state index in [4.69, 9.17) is 0 Å². The van der Waals surface area contributed by atoms with Crippen molar-refractivity contribution in [2.24, 2.45) is 0 Å². The highest BCUT2D eigenvalue weighted by Gasteiger charge is 2.33. The van der Waals surface area contributed by atoms with Gasteiger partial charge in [-0.3, -0.25) is 9.68 Å². The van der Waals surface area contributed by atoms with Gasteiger partial charge in [0.2, 0.25) is 13.5 Å². The Bertz CT molecular complexity index is 813. The lowest BCUT2D eigenvalue weighted by Crippen LogP contribution is -2.14. The van der Waals surface area contributed by atoms with E-state index in [9.17, 15) is 40.5 Å². The standard InChI is InChI=1S/C6H4N10O10/c17-13(18)5-7-3(11(9-5)1-25-15(21)22)4-8-6(14(19)20)10-12(4)2-26-16(23)24/h1-2H2. The van der Waals surface area contributed by atoms with Crippen LogP contribution in [0.25, 0.3) is 11.6 Å². The highest BCUT2D eigenvalue weighted by Crippen LogP contribution is 2.21. The topological polar surface area (TPSA) is 252 Å². The van der Waals surface area contributed by atoms with Crippen molar-refractivity contribution in [3.8, 4) is 11.6 Å². The number of nitrogens with zero attached hydrogens (tertiary/aromatic N) is 10. The van der Waals surface area contributed by atoms with Crippen molar-refractivity contribution in [2.75, 3.05) is 0 Å². The third-order valence-electron chi connectivity index (χ3n) is 2.42. The van der Waals surface area contributed by atoms with Gasteiger partial charge in [0.15, 0.2) is 0 Å². The van der Waals surface area contributed by atoms with Gasteiger partial charge in [0.1, 0.15) is 0 Å². The van der Waals surface area contributed by atoms with Gasteiger partial charge in [-0.15, -0.1) is 29.6 Å². The van der Waals surface area contributed by atoms with Gasteiger partial charge in [-0.05, 0) is 19.8 Å². The highest BCUT2D eigenvalue weighted by atomic mass is 17.0. The zero-order chi connectivity index (χ0) is 19.4. The van der Waals surface area contributed by atoms with Crippen molar-refractivity contribution in [3.63, 3.8) is 0 Å². The molecule has 0 fully saturated rings. The third kappa shape index (κ3) is 3.87. The number of nitro groups is 2. The van der Waals surface area contributed by atoms with Crippen LogP contribution >= 0.6 is 0 Å². The second-order valence-corrected chi connectivity index (χ2v) is 3.95. The van der Waals surface area contributed by atoms with Gasteiger partial charge in [0.25, 0.3) is 10.2 Å². The Balaban J connectivity index is 2.53. The van der Waals surface area contributed by atoms with E-state index in [1.165, 1.54) is 0 Å². The van der Waals surface area contributed by atoms with E-state index in [0.717, 1.165) is 0 Å². The van der Waals surface area contributed by atoms with E-state index in [0.29, 0.717) is 9.36 Å². The number of aromatic nitrogens is 6. The molecule has 2 aromatic rings. The third-order valence-corrected chi connectivity index (χ3v) is 2.42. The van der Waals surface area contributed by atoms with Crippen LogP contribution in [0.1, 0.15) is 0 Å². The number of hydrogen-bond donors (Lipinski definition) is 0. The summed E-state index contributed by atoms with van der Waals surface area (Å²) in [4.78, 5) is 54.8. The summed E-state index contributed by atoms with van der Waals surface area (Å²) in [6.07, 6.45) is 0. The molecule has 0 atom stereocenters. The molecule has 0 bridgehead atoms. The predicted molar refractivity (Wildman–Crippen MR) is 68.5 cm³/mol. The van der Waals surface area contributed by atoms with Crippen LogP contribution in [-0.2, 0) is 23.1 Å². The largest absolute Gasteiger partial charge is 0.491 e. The molecule has 0 aliphatic heterocycles. The average Bonchev–Trinajstić information content (AvgIpc) is 3.14. The molecule has 2 aromatic heterocycles. The van der Waals surface area contributed by atoms with Gasteiger partial charge >= 0.3 is 23.5 Å². The van der Waals surface area contributed by atoms with Crippen molar-refractivity contribution in [2.45, 2.75) is 13.5 Å². The van der Waals surface area contributed by atoms with E-state index in [1.807, 2.05) is 0 Å². The summed E-state index contributed by atoms with van der Waals surface area (Å²) in [5.74, 6) is -3.32. The summed E-state index contributed by atoms with van der Waals surface area (Å²) in [5, 5.41) is 46.2. The van der Waals surface area contributed by atoms with Crippen LogP contribution in [0.4, 0.5) is 11.9 Å². The highest BCUT2D eigenvalue weighted by molar-refractivity contribution is 5.46. The van der Waals surface area contributed by atoms with Crippen LogP contribution in [-0.4, -0.2) is 49.5 Å². The lowest BCUT2D eigenvalue weighted by molar-refractivity contribution is -0.767. The summed E-state index contributed by atoms with van der Waals surface area (Å²) < 4.78 is 0.967. The smallest absolute Gasteiger partial charge is 0.390 e. The Morgan fingerprint density at radius 3 is 1.35 bits per heavy atom. The molecule has 20 heteroatoms. The average molecular weight is 376 g/mol. The molecule has 0 radical (unpaired) electrons. The van der Waals surface area contributed by atoms with Crippen molar-refractivity contribution >= 4 is 11.9 Å². The second-order valence-electron chi connectivity index (χ2n) is 3.95. The predicted octanol–water partition coefficient (Wildman–Crippen LogP) is -1.32. The fourth-order valence-corrected chi connectivity index (χ4v) is 1.53. The second kappa shape index (κ2) is 6.93. The Morgan fingerprint density at radius 2 is 1.08 bits per heavy atom. The maximum atomic E-state index is 10.8. The summed E-state index contributed by atoms with van der Waals surface area (Å²) in [6, 6.07) is 0. The van der Waals surface area contributed by atoms with Gasteiger partial charge in [-0.1, -0.05) is 0 Å². The summed E-state index contributed by atoms with van der Waals surface area (Å²) >= 11 is 0. The zero-order valence-corrected chi connectivity index (χ0v) is 12.0. The van der Waals surface area contributed by atoms with Gasteiger partial charge in [-0.25, -0.2) is 0 Å². The first kappa shape index (κ1) is 17.8. The summed E-state index contributed by atoms with van der Waals surface area (Å²) in [7, 11) is 0. The first-order valence-corrected chi connectivity index (χ1v) is 5.92. The lowest BCUT2D eigenvalue weighted by Gasteiger charge is -1.99. The molecular formula is C6H4N10O10. The minimum Gasteiger partial charge on any atom is -0.390 e. The lowest BCUT2D eigenvalue weighted by atomic mass is 10.5. The number of rotatable bonds is 9. The Kier molecular flexibility index (Phi) is 4.75. The molecule has 0 saturated heterocycles. The van der Waals surface area contributed by atoms with Crippen LogP contribution in [0.3, 0.4) is 0 Å². The first-order valence-electron chi connectivity index (χ1n) is 5.92. The van der Waals surface area contributed by atoms with Gasteiger partial charge in [0, 0.05) is 10.2 Å². The molecule has 0 aromatic carbocycles. The summed E-state index contributed by atoms with van der Waals surface area (Å²) in [5.41, 5.74) is 0. The van der Waals surface area contributed by atoms with Gasteiger partial charge in [0.05, 0.1) is 0 Å². The fourth-order valence-electron chi connectivity index (χ4n) is 1.53. The molecule has 2 rings (SSSR count). The minimum absolute atomic E-state index is 0.483. The van der Waals surface area contributed by atoms with E-state index in [1.54, 1.807) is 0 Å².